The van der Waals surface area contributed by atoms with Crippen LogP contribution in [0.1, 0.15) is 33.6 Å². The van der Waals surface area contributed by atoms with E-state index in [1.807, 2.05) is 0 Å². The fourth-order valence-electron chi connectivity index (χ4n) is 2.28. The van der Waals surface area contributed by atoms with Gasteiger partial charge in [-0.25, -0.2) is 0 Å². The molecule has 1 heterocycles. The van der Waals surface area contributed by atoms with Gasteiger partial charge in [-0.3, -0.25) is 19.3 Å². The van der Waals surface area contributed by atoms with Crippen LogP contribution < -0.4 is 0 Å². The Balaban J connectivity index is 1.91. The first-order valence-electron chi connectivity index (χ1n) is 5.74. The molecule has 1 aliphatic heterocycles. The van der Waals surface area contributed by atoms with Gasteiger partial charge in [0.05, 0.1) is 16.5 Å². The molecule has 5 heteroatoms. The molecule has 5 nitrogen and oxygen atoms in total. The number of carboxylic acid groups (broad SMARTS) is 1. The Morgan fingerprint density at radius 2 is 1.67 bits per heavy atom. The van der Waals surface area contributed by atoms with Crippen molar-refractivity contribution in [2.75, 3.05) is 6.54 Å². The number of benzene rings is 1. The first-order valence-corrected chi connectivity index (χ1v) is 5.74. The SMILES string of the molecule is O=C1c2ccccc2C(=O)N1CC1(C(=O)O)CC1. The lowest BCUT2D eigenvalue weighted by atomic mass is 10.1. The van der Waals surface area contributed by atoms with Gasteiger partial charge < -0.3 is 5.11 Å². The first-order chi connectivity index (χ1) is 8.55. The standard InChI is InChI=1S/C13H11NO4/c15-10-8-3-1-2-4-9(8)11(16)14(10)7-13(5-6-13)12(17)18/h1-4H,5-7H2,(H,17,18). The van der Waals surface area contributed by atoms with Crippen molar-refractivity contribution in [1.82, 2.24) is 4.90 Å². The largest absolute Gasteiger partial charge is 0.481 e. The Morgan fingerprint density at radius 3 is 2.06 bits per heavy atom. The lowest BCUT2D eigenvalue weighted by molar-refractivity contribution is -0.143. The van der Waals surface area contributed by atoms with Crippen LogP contribution in [0.25, 0.3) is 0 Å². The molecule has 18 heavy (non-hydrogen) atoms. The fraction of sp³-hybridized carbons (Fsp3) is 0.308. The van der Waals surface area contributed by atoms with Gasteiger partial charge in [-0.2, -0.15) is 0 Å². The van der Waals surface area contributed by atoms with Crippen LogP contribution in [0.4, 0.5) is 0 Å². The molecule has 0 radical (unpaired) electrons. The van der Waals surface area contributed by atoms with Gasteiger partial charge in [0.2, 0.25) is 0 Å². The number of nitrogens with zero attached hydrogens (tertiary/aromatic N) is 1. The number of amides is 2. The summed E-state index contributed by atoms with van der Waals surface area (Å²) < 4.78 is 0. The molecule has 0 unspecified atom stereocenters. The van der Waals surface area contributed by atoms with E-state index in [9.17, 15) is 14.4 Å². The Hall–Kier alpha value is -2.17. The molecule has 1 fully saturated rings. The highest BCUT2D eigenvalue weighted by Crippen LogP contribution is 2.47. The molecular formula is C13H11NO4. The zero-order valence-corrected chi connectivity index (χ0v) is 9.55. The summed E-state index contributed by atoms with van der Waals surface area (Å²) in [6.07, 6.45) is 1.05. The number of imide groups is 1. The van der Waals surface area contributed by atoms with E-state index in [1.165, 1.54) is 0 Å². The van der Waals surface area contributed by atoms with Crippen molar-refractivity contribution in [3.05, 3.63) is 35.4 Å². The summed E-state index contributed by atoms with van der Waals surface area (Å²) in [5.41, 5.74) is -0.180. The summed E-state index contributed by atoms with van der Waals surface area (Å²) in [6, 6.07) is 6.57. The van der Waals surface area contributed by atoms with E-state index in [0.717, 1.165) is 4.90 Å². The molecule has 0 saturated heterocycles. The van der Waals surface area contributed by atoms with Crippen LogP contribution in [0.2, 0.25) is 0 Å². The van der Waals surface area contributed by atoms with Gasteiger partial charge in [0, 0.05) is 6.54 Å². The van der Waals surface area contributed by atoms with Crippen LogP contribution >= 0.6 is 0 Å². The van der Waals surface area contributed by atoms with Crippen LogP contribution in [0.3, 0.4) is 0 Å². The maximum absolute atomic E-state index is 12.0. The first kappa shape index (κ1) is 11.0. The number of carbonyl (C=O) groups excluding carboxylic acids is 2. The summed E-state index contributed by atoms with van der Waals surface area (Å²) in [7, 11) is 0. The summed E-state index contributed by atoms with van der Waals surface area (Å²) in [4.78, 5) is 36.3. The number of rotatable bonds is 3. The van der Waals surface area contributed by atoms with Crippen molar-refractivity contribution >= 4 is 17.8 Å². The molecule has 3 rings (SSSR count). The second-order valence-electron chi connectivity index (χ2n) is 4.83. The molecule has 0 bridgehead atoms. The molecule has 1 aliphatic carbocycles. The molecule has 1 saturated carbocycles. The smallest absolute Gasteiger partial charge is 0.311 e. The Labute approximate surface area is 103 Å². The third-order valence-corrected chi connectivity index (χ3v) is 3.65. The van der Waals surface area contributed by atoms with Crippen molar-refractivity contribution in [3.8, 4) is 0 Å². The predicted octanol–water partition coefficient (Wildman–Crippen LogP) is 1.15. The van der Waals surface area contributed by atoms with Crippen LogP contribution in [0.5, 0.6) is 0 Å². The van der Waals surface area contributed by atoms with E-state index in [1.54, 1.807) is 24.3 Å². The highest BCUT2D eigenvalue weighted by Gasteiger charge is 2.54. The van der Waals surface area contributed by atoms with E-state index >= 15 is 0 Å². The van der Waals surface area contributed by atoms with Gasteiger partial charge in [0.1, 0.15) is 0 Å². The van der Waals surface area contributed by atoms with Gasteiger partial charge in [-0.05, 0) is 25.0 Å². The molecule has 2 amide bonds. The van der Waals surface area contributed by atoms with Gasteiger partial charge in [0.25, 0.3) is 11.8 Å². The van der Waals surface area contributed by atoms with E-state index in [0.29, 0.717) is 24.0 Å². The fourth-order valence-corrected chi connectivity index (χ4v) is 2.28. The topological polar surface area (TPSA) is 74.7 Å². The zero-order chi connectivity index (χ0) is 12.9. The minimum Gasteiger partial charge on any atom is -0.481 e. The number of hydrogen-bond acceptors (Lipinski definition) is 3. The van der Waals surface area contributed by atoms with E-state index in [-0.39, 0.29) is 18.4 Å². The average Bonchev–Trinajstić information content (AvgIpc) is 3.11. The number of aliphatic carboxylic acids is 1. The second kappa shape index (κ2) is 3.41. The second-order valence-corrected chi connectivity index (χ2v) is 4.83. The lowest BCUT2D eigenvalue weighted by Gasteiger charge is -2.18. The van der Waals surface area contributed by atoms with E-state index in [2.05, 4.69) is 0 Å². The van der Waals surface area contributed by atoms with E-state index in [4.69, 9.17) is 5.11 Å². The van der Waals surface area contributed by atoms with Gasteiger partial charge in [-0.1, -0.05) is 12.1 Å². The molecule has 0 spiro atoms. The molecule has 1 aromatic carbocycles. The molecule has 1 N–H and O–H groups in total. The molecule has 1 aromatic rings. The van der Waals surface area contributed by atoms with Crippen molar-refractivity contribution in [3.63, 3.8) is 0 Å². The normalized spacial score (nSPS) is 19.9. The third-order valence-electron chi connectivity index (χ3n) is 3.65. The van der Waals surface area contributed by atoms with Crippen LogP contribution in [-0.4, -0.2) is 34.3 Å². The van der Waals surface area contributed by atoms with E-state index < -0.39 is 11.4 Å². The maximum atomic E-state index is 12.0. The number of hydrogen-bond donors (Lipinski definition) is 1. The Kier molecular flexibility index (Phi) is 2.08. The number of fused-ring (bicyclic) bond motifs is 1. The highest BCUT2D eigenvalue weighted by atomic mass is 16.4. The monoisotopic (exact) mass is 245 g/mol. The maximum Gasteiger partial charge on any atom is 0.311 e. The van der Waals surface area contributed by atoms with Crippen molar-refractivity contribution in [1.29, 1.82) is 0 Å². The molecule has 2 aliphatic rings. The summed E-state index contributed by atoms with van der Waals surface area (Å²) >= 11 is 0. The quantitative estimate of drug-likeness (QED) is 0.810. The lowest BCUT2D eigenvalue weighted by Crippen LogP contribution is -2.38. The Morgan fingerprint density at radius 1 is 1.17 bits per heavy atom. The van der Waals surface area contributed by atoms with Crippen LogP contribution in [0, 0.1) is 5.41 Å². The molecule has 0 aromatic heterocycles. The van der Waals surface area contributed by atoms with Crippen molar-refractivity contribution in [2.45, 2.75) is 12.8 Å². The predicted molar refractivity (Wildman–Crippen MR) is 61.1 cm³/mol. The summed E-state index contributed by atoms with van der Waals surface area (Å²) in [5.74, 6) is -1.70. The minimum atomic E-state index is -0.931. The highest BCUT2D eigenvalue weighted by molar-refractivity contribution is 6.21. The molecule has 0 atom stereocenters. The average molecular weight is 245 g/mol. The number of carbonyl (C=O) groups is 3. The molecule has 92 valence electrons. The third kappa shape index (κ3) is 1.37. The van der Waals surface area contributed by atoms with Crippen molar-refractivity contribution < 1.29 is 19.5 Å². The van der Waals surface area contributed by atoms with Crippen LogP contribution in [-0.2, 0) is 4.79 Å². The van der Waals surface area contributed by atoms with Crippen molar-refractivity contribution in [2.24, 2.45) is 5.41 Å². The van der Waals surface area contributed by atoms with Gasteiger partial charge >= 0.3 is 5.97 Å². The van der Waals surface area contributed by atoms with Gasteiger partial charge in [0.15, 0.2) is 0 Å². The zero-order valence-electron chi connectivity index (χ0n) is 9.55. The Bertz CT molecular complexity index is 539. The minimum absolute atomic E-state index is 0.0192. The van der Waals surface area contributed by atoms with Crippen LogP contribution in [0.15, 0.2) is 24.3 Å². The van der Waals surface area contributed by atoms with Gasteiger partial charge in [-0.15, -0.1) is 0 Å². The summed E-state index contributed by atoms with van der Waals surface area (Å²) in [6.45, 7) is -0.0192. The summed E-state index contributed by atoms with van der Waals surface area (Å²) in [5, 5.41) is 9.10. The molecular weight excluding hydrogens is 234 g/mol. The number of carboxylic acids is 1.